The molecule has 2 rings (SSSR count). The fraction of sp³-hybridized carbons (Fsp3) is 0.250. The van der Waals surface area contributed by atoms with Crippen LogP contribution >= 0.6 is 0 Å². The molecule has 0 saturated heterocycles. The summed E-state index contributed by atoms with van der Waals surface area (Å²) >= 11 is 0. The van der Waals surface area contributed by atoms with Crippen molar-refractivity contribution in [3.05, 3.63) is 47.2 Å². The molecule has 0 fully saturated rings. The molecule has 0 unspecified atom stereocenters. The predicted molar refractivity (Wildman–Crippen MR) is 84.7 cm³/mol. The number of nitrogens with zero attached hydrogens (tertiary/aromatic N) is 2. The van der Waals surface area contributed by atoms with Crippen molar-refractivity contribution >= 4 is 12.0 Å². The summed E-state index contributed by atoms with van der Waals surface area (Å²) in [6.45, 7) is 1.85. The third-order valence-electron chi connectivity index (χ3n) is 3.28. The Morgan fingerprint density at radius 2 is 1.88 bits per heavy atom. The number of aromatic nitrogens is 1. The van der Waals surface area contributed by atoms with Crippen molar-refractivity contribution in [3.8, 4) is 11.5 Å². The summed E-state index contributed by atoms with van der Waals surface area (Å²) in [5.41, 5.74) is 3.27. The van der Waals surface area contributed by atoms with Crippen LogP contribution in [0, 0.1) is 6.92 Å². The van der Waals surface area contributed by atoms with E-state index < -0.39 is 11.7 Å². The van der Waals surface area contributed by atoms with Gasteiger partial charge in [0.05, 0.1) is 26.0 Å². The molecule has 8 heteroatoms. The van der Waals surface area contributed by atoms with E-state index in [4.69, 9.17) is 9.47 Å². The van der Waals surface area contributed by atoms with E-state index in [1.807, 2.05) is 6.92 Å². The number of alkyl halides is 3. The number of nitrogens with one attached hydrogen (secondary N) is 1. The van der Waals surface area contributed by atoms with Gasteiger partial charge in [-0.3, -0.25) is 5.43 Å². The lowest BCUT2D eigenvalue weighted by atomic mass is 10.1. The van der Waals surface area contributed by atoms with Crippen molar-refractivity contribution in [1.29, 1.82) is 0 Å². The van der Waals surface area contributed by atoms with E-state index in [1.54, 1.807) is 19.2 Å². The predicted octanol–water partition coefficient (Wildman–Crippen LogP) is 3.87. The van der Waals surface area contributed by atoms with E-state index in [-0.39, 0.29) is 5.82 Å². The Morgan fingerprint density at radius 3 is 2.42 bits per heavy atom. The summed E-state index contributed by atoms with van der Waals surface area (Å²) in [5, 5.41) is 3.97. The summed E-state index contributed by atoms with van der Waals surface area (Å²) in [6, 6.07) is 5.67. The highest BCUT2D eigenvalue weighted by molar-refractivity contribution is 5.85. The lowest BCUT2D eigenvalue weighted by molar-refractivity contribution is -0.137. The fourth-order valence-electron chi connectivity index (χ4n) is 2.08. The highest BCUT2D eigenvalue weighted by Gasteiger charge is 2.30. The van der Waals surface area contributed by atoms with Crippen LogP contribution in [-0.4, -0.2) is 25.4 Å². The second-order valence-corrected chi connectivity index (χ2v) is 4.82. The summed E-state index contributed by atoms with van der Waals surface area (Å²) in [5.74, 6) is 1.48. The molecule has 128 valence electrons. The minimum atomic E-state index is -4.41. The molecule has 0 aliphatic carbocycles. The Morgan fingerprint density at radius 1 is 1.12 bits per heavy atom. The minimum absolute atomic E-state index is 0.198. The molecule has 0 saturated carbocycles. The van der Waals surface area contributed by atoms with Crippen molar-refractivity contribution in [1.82, 2.24) is 4.98 Å². The van der Waals surface area contributed by atoms with Crippen molar-refractivity contribution in [2.24, 2.45) is 5.10 Å². The van der Waals surface area contributed by atoms with Crippen LogP contribution in [0.25, 0.3) is 0 Å². The number of rotatable bonds is 5. The summed E-state index contributed by atoms with van der Waals surface area (Å²) in [6.07, 6.45) is -2.18. The molecular formula is C16H16F3N3O2. The number of anilines is 1. The number of hydrogen-bond acceptors (Lipinski definition) is 5. The maximum absolute atomic E-state index is 12.5. The summed E-state index contributed by atoms with van der Waals surface area (Å²) in [7, 11) is 3.09. The highest BCUT2D eigenvalue weighted by atomic mass is 19.4. The van der Waals surface area contributed by atoms with Crippen molar-refractivity contribution < 1.29 is 22.6 Å². The van der Waals surface area contributed by atoms with Crippen LogP contribution < -0.4 is 14.9 Å². The zero-order chi connectivity index (χ0) is 17.7. The topological polar surface area (TPSA) is 55.7 Å². The molecule has 2 aromatic rings. The number of benzene rings is 1. The van der Waals surface area contributed by atoms with Gasteiger partial charge in [0.15, 0.2) is 0 Å². The third-order valence-corrected chi connectivity index (χ3v) is 3.28. The van der Waals surface area contributed by atoms with Gasteiger partial charge in [-0.05, 0) is 31.2 Å². The van der Waals surface area contributed by atoms with Crippen molar-refractivity contribution in [3.63, 3.8) is 0 Å². The zero-order valence-electron chi connectivity index (χ0n) is 13.3. The number of hydrazone groups is 1. The molecule has 5 nitrogen and oxygen atoms in total. The Balaban J connectivity index is 2.13. The number of ether oxygens (including phenoxy) is 2. The van der Waals surface area contributed by atoms with Crippen LogP contribution in [0.15, 0.2) is 35.6 Å². The molecule has 0 aliphatic heterocycles. The van der Waals surface area contributed by atoms with Gasteiger partial charge in [0.2, 0.25) is 0 Å². The molecule has 0 radical (unpaired) electrons. The molecule has 1 aromatic heterocycles. The number of hydrogen-bond donors (Lipinski definition) is 1. The first-order valence-corrected chi connectivity index (χ1v) is 6.90. The van der Waals surface area contributed by atoms with Gasteiger partial charge in [-0.25, -0.2) is 4.98 Å². The van der Waals surface area contributed by atoms with Gasteiger partial charge < -0.3 is 9.47 Å². The van der Waals surface area contributed by atoms with Crippen LogP contribution in [0.1, 0.15) is 16.7 Å². The number of methoxy groups -OCH3 is 2. The lowest BCUT2D eigenvalue weighted by Crippen LogP contribution is -2.05. The molecule has 0 aliphatic rings. The fourth-order valence-corrected chi connectivity index (χ4v) is 2.08. The van der Waals surface area contributed by atoms with Crippen LogP contribution in [0.5, 0.6) is 11.5 Å². The maximum atomic E-state index is 12.5. The van der Waals surface area contributed by atoms with E-state index in [9.17, 15) is 13.2 Å². The van der Waals surface area contributed by atoms with Gasteiger partial charge in [0, 0.05) is 17.3 Å². The zero-order valence-corrected chi connectivity index (χ0v) is 13.3. The molecule has 0 atom stereocenters. The number of pyridine rings is 1. The smallest absolute Gasteiger partial charge is 0.417 e. The molecule has 0 spiro atoms. The van der Waals surface area contributed by atoms with Crippen LogP contribution in [0.4, 0.5) is 19.0 Å². The average molecular weight is 339 g/mol. The van der Waals surface area contributed by atoms with Crippen LogP contribution in [0.3, 0.4) is 0 Å². The Hall–Kier alpha value is -2.77. The molecule has 0 bridgehead atoms. The van der Waals surface area contributed by atoms with E-state index in [0.29, 0.717) is 17.1 Å². The normalized spacial score (nSPS) is 11.6. The first-order valence-electron chi connectivity index (χ1n) is 6.90. The molecule has 1 heterocycles. The first-order chi connectivity index (χ1) is 11.4. The lowest BCUT2D eigenvalue weighted by Gasteiger charge is -2.12. The quantitative estimate of drug-likeness (QED) is 0.664. The van der Waals surface area contributed by atoms with Crippen molar-refractivity contribution in [2.45, 2.75) is 13.1 Å². The van der Waals surface area contributed by atoms with Crippen molar-refractivity contribution in [2.75, 3.05) is 19.6 Å². The Bertz CT molecular complexity index is 729. The third kappa shape index (κ3) is 3.95. The number of halogens is 3. The van der Waals surface area contributed by atoms with Gasteiger partial charge in [0.1, 0.15) is 17.3 Å². The van der Waals surface area contributed by atoms with E-state index in [2.05, 4.69) is 15.5 Å². The van der Waals surface area contributed by atoms with E-state index in [1.165, 1.54) is 19.4 Å². The van der Waals surface area contributed by atoms with E-state index >= 15 is 0 Å². The van der Waals surface area contributed by atoms with Gasteiger partial charge in [-0.15, -0.1) is 0 Å². The van der Waals surface area contributed by atoms with Gasteiger partial charge >= 0.3 is 6.18 Å². The molecular weight excluding hydrogens is 323 g/mol. The van der Waals surface area contributed by atoms with Gasteiger partial charge in [-0.2, -0.15) is 18.3 Å². The summed E-state index contributed by atoms with van der Waals surface area (Å²) < 4.78 is 47.9. The van der Waals surface area contributed by atoms with Gasteiger partial charge in [-0.1, -0.05) is 0 Å². The minimum Gasteiger partial charge on any atom is -0.496 e. The molecule has 1 aromatic carbocycles. The SMILES string of the molecule is COc1ccc(/C=N\Nc2ccc(C(F)(F)F)cn2)c(OC)c1C. The Labute approximate surface area is 137 Å². The monoisotopic (exact) mass is 339 g/mol. The molecule has 0 amide bonds. The second kappa shape index (κ2) is 7.20. The molecule has 24 heavy (non-hydrogen) atoms. The maximum Gasteiger partial charge on any atom is 0.417 e. The largest absolute Gasteiger partial charge is 0.496 e. The average Bonchev–Trinajstić information content (AvgIpc) is 2.55. The standard InChI is InChI=1S/C16H16F3N3O2/c1-10-13(23-2)6-4-11(15(10)24-3)8-21-22-14-7-5-12(9-20-14)16(17,18)19/h4-9H,1-3H3,(H,20,22)/b21-8-. The van der Waals surface area contributed by atoms with E-state index in [0.717, 1.165) is 17.8 Å². The highest BCUT2D eigenvalue weighted by Crippen LogP contribution is 2.30. The Kier molecular flexibility index (Phi) is 5.28. The molecule has 1 N–H and O–H groups in total. The second-order valence-electron chi connectivity index (χ2n) is 4.82. The van der Waals surface area contributed by atoms with Crippen LogP contribution in [-0.2, 0) is 6.18 Å². The van der Waals surface area contributed by atoms with Crippen LogP contribution in [0.2, 0.25) is 0 Å². The summed E-state index contributed by atoms with van der Waals surface area (Å²) in [4.78, 5) is 3.67. The van der Waals surface area contributed by atoms with Gasteiger partial charge in [0.25, 0.3) is 0 Å². The first kappa shape index (κ1) is 17.6.